The minimum atomic E-state index is -0.657. The van der Waals surface area contributed by atoms with Gasteiger partial charge in [-0.3, -0.25) is 24.0 Å². The Balaban J connectivity index is 1.94. The number of hydrogen-bond acceptors (Lipinski definition) is 6. The quantitative estimate of drug-likeness (QED) is 0.369. The van der Waals surface area contributed by atoms with Crippen molar-refractivity contribution in [1.82, 2.24) is 13.7 Å². The number of fused-ring (bicyclic) bond motifs is 3. The minimum Gasteiger partial charge on any atom is -0.508 e. The zero-order chi connectivity index (χ0) is 24.3. The molecule has 0 unspecified atom stereocenters. The summed E-state index contributed by atoms with van der Waals surface area (Å²) in [6.45, 7) is 2.35. The van der Waals surface area contributed by atoms with Crippen molar-refractivity contribution in [3.05, 3.63) is 90.2 Å². The highest BCUT2D eigenvalue weighted by atomic mass is 16.6. The van der Waals surface area contributed by atoms with Gasteiger partial charge in [-0.2, -0.15) is 0 Å². The Labute approximate surface area is 193 Å². The van der Waals surface area contributed by atoms with Gasteiger partial charge in [0, 0.05) is 37.8 Å². The fourth-order valence-corrected chi connectivity index (χ4v) is 4.78. The third-order valence-corrected chi connectivity index (χ3v) is 6.40. The Morgan fingerprint density at radius 1 is 1.12 bits per heavy atom. The highest BCUT2D eigenvalue weighted by molar-refractivity contribution is 5.97. The lowest BCUT2D eigenvalue weighted by atomic mass is 10.0. The van der Waals surface area contributed by atoms with E-state index < -0.39 is 22.3 Å². The summed E-state index contributed by atoms with van der Waals surface area (Å²) >= 11 is 0. The smallest absolute Gasteiger partial charge is 0.331 e. The molecule has 2 aromatic carbocycles. The number of ether oxygens (including phenoxy) is 1. The molecule has 10 heteroatoms. The molecule has 5 rings (SSSR count). The van der Waals surface area contributed by atoms with Crippen molar-refractivity contribution < 1.29 is 14.8 Å². The van der Waals surface area contributed by atoms with E-state index in [1.807, 2.05) is 4.57 Å². The summed E-state index contributed by atoms with van der Waals surface area (Å²) in [6.07, 6.45) is -0.657. The fraction of sp³-hybridized carbons (Fsp3) is 0.250. The predicted molar refractivity (Wildman–Crippen MR) is 125 cm³/mol. The molecule has 3 heterocycles. The molecule has 1 aliphatic heterocycles. The molecule has 0 bridgehead atoms. The number of aromatic nitrogens is 3. The molecule has 0 fully saturated rings. The molecule has 174 valence electrons. The van der Waals surface area contributed by atoms with Crippen LogP contribution in [0.1, 0.15) is 22.9 Å². The molecule has 4 aromatic rings. The molecule has 2 aromatic heterocycles. The zero-order valence-electron chi connectivity index (χ0n) is 18.8. The maximum atomic E-state index is 13.4. The number of benzene rings is 2. The van der Waals surface area contributed by atoms with E-state index >= 15 is 0 Å². The molecular weight excluding hydrogens is 440 g/mol. The predicted octanol–water partition coefficient (Wildman–Crippen LogP) is 2.75. The van der Waals surface area contributed by atoms with Crippen molar-refractivity contribution in [3.63, 3.8) is 0 Å². The Bertz CT molecular complexity index is 1610. The number of aryl methyl sites for hydroxylation is 2. The van der Waals surface area contributed by atoms with Gasteiger partial charge in [-0.15, -0.1) is 0 Å². The minimum absolute atomic E-state index is 0.0561. The lowest BCUT2D eigenvalue weighted by molar-refractivity contribution is -0.385. The number of nitrogens with zero attached hydrogens (tertiary/aromatic N) is 4. The van der Waals surface area contributed by atoms with Crippen molar-refractivity contribution in [2.75, 3.05) is 6.61 Å². The summed E-state index contributed by atoms with van der Waals surface area (Å²) in [4.78, 5) is 37.5. The van der Waals surface area contributed by atoms with E-state index in [-0.39, 0.29) is 16.8 Å². The second-order valence-electron chi connectivity index (χ2n) is 8.42. The molecule has 10 nitrogen and oxygen atoms in total. The van der Waals surface area contributed by atoms with Gasteiger partial charge in [-0.1, -0.05) is 24.3 Å². The molecule has 0 spiro atoms. The normalized spacial score (nSPS) is 15.4. The van der Waals surface area contributed by atoms with Crippen molar-refractivity contribution in [1.29, 1.82) is 0 Å². The molecule has 0 aliphatic carbocycles. The third kappa shape index (κ3) is 3.06. The number of hydrogen-bond donors (Lipinski definition) is 1. The van der Waals surface area contributed by atoms with Crippen LogP contribution in [-0.4, -0.2) is 30.3 Å². The first-order valence-corrected chi connectivity index (χ1v) is 10.7. The number of nitro groups is 1. The second kappa shape index (κ2) is 7.70. The SMILES string of the molecule is Cc1ccc(-c2c3c(=O)n(C)c(=O)n(C)c3c3n2CCO[C@H]3c2cccc(O)c2)cc1[N+](=O)[O-]. The van der Waals surface area contributed by atoms with Gasteiger partial charge < -0.3 is 14.4 Å². The summed E-state index contributed by atoms with van der Waals surface area (Å²) in [5.74, 6) is 0.0632. The van der Waals surface area contributed by atoms with Gasteiger partial charge in [-0.05, 0) is 24.6 Å². The van der Waals surface area contributed by atoms with Crippen LogP contribution < -0.4 is 11.2 Å². The summed E-state index contributed by atoms with van der Waals surface area (Å²) < 4.78 is 10.4. The van der Waals surface area contributed by atoms with Crippen LogP contribution >= 0.6 is 0 Å². The average molecular weight is 462 g/mol. The summed E-state index contributed by atoms with van der Waals surface area (Å²) in [7, 11) is 2.99. The van der Waals surface area contributed by atoms with E-state index in [2.05, 4.69) is 0 Å². The highest BCUT2D eigenvalue weighted by Crippen LogP contribution is 2.41. The largest absolute Gasteiger partial charge is 0.508 e. The van der Waals surface area contributed by atoms with Crippen molar-refractivity contribution in [2.45, 2.75) is 19.6 Å². The first-order chi connectivity index (χ1) is 16.2. The maximum Gasteiger partial charge on any atom is 0.331 e. The van der Waals surface area contributed by atoms with Crippen molar-refractivity contribution >= 4 is 16.6 Å². The van der Waals surface area contributed by atoms with Crippen LogP contribution in [0.4, 0.5) is 5.69 Å². The van der Waals surface area contributed by atoms with Gasteiger partial charge in [0.1, 0.15) is 11.9 Å². The molecule has 0 saturated heterocycles. The van der Waals surface area contributed by atoms with E-state index in [4.69, 9.17) is 4.74 Å². The molecule has 0 saturated carbocycles. The molecule has 1 atom stereocenters. The van der Waals surface area contributed by atoms with Gasteiger partial charge in [-0.25, -0.2) is 4.79 Å². The zero-order valence-corrected chi connectivity index (χ0v) is 18.8. The molecule has 0 radical (unpaired) electrons. The van der Waals surface area contributed by atoms with Gasteiger partial charge in [0.05, 0.1) is 33.8 Å². The van der Waals surface area contributed by atoms with Gasteiger partial charge in [0.2, 0.25) is 0 Å². The average Bonchev–Trinajstić information content (AvgIpc) is 3.17. The summed E-state index contributed by atoms with van der Waals surface area (Å²) in [6, 6.07) is 11.5. The van der Waals surface area contributed by atoms with Crippen LogP contribution in [0.2, 0.25) is 0 Å². The van der Waals surface area contributed by atoms with E-state index in [1.54, 1.807) is 50.4 Å². The number of phenols is 1. The van der Waals surface area contributed by atoms with Crippen LogP contribution in [0.3, 0.4) is 0 Å². The van der Waals surface area contributed by atoms with Gasteiger partial charge >= 0.3 is 5.69 Å². The standard InChI is InChI=1S/C24H22N4O6/c1-13-7-8-14(12-17(13)28(32)33)19-18-20(25(2)24(31)26(3)23(18)30)21-22(34-10-9-27(19)21)15-5-4-6-16(29)11-15/h4-8,11-12,22,29H,9-10H2,1-3H3/t22-/m0/s1. The first-order valence-electron chi connectivity index (χ1n) is 10.7. The van der Waals surface area contributed by atoms with Crippen molar-refractivity contribution in [2.24, 2.45) is 14.1 Å². The lowest BCUT2D eigenvalue weighted by Crippen LogP contribution is -2.37. The molecule has 1 N–H and O–H groups in total. The number of rotatable bonds is 3. The first kappa shape index (κ1) is 21.7. The van der Waals surface area contributed by atoms with Crippen molar-refractivity contribution in [3.8, 4) is 17.0 Å². The number of aromatic hydroxyl groups is 1. The molecule has 34 heavy (non-hydrogen) atoms. The van der Waals surface area contributed by atoms with Gasteiger partial charge in [0.25, 0.3) is 11.2 Å². The Kier molecular flexibility index (Phi) is 4.90. The number of nitro benzene ring substituents is 1. The Morgan fingerprint density at radius 2 is 1.88 bits per heavy atom. The van der Waals surface area contributed by atoms with Crippen LogP contribution in [0, 0.1) is 17.0 Å². The third-order valence-electron chi connectivity index (χ3n) is 6.40. The molecular formula is C24H22N4O6. The topological polar surface area (TPSA) is 122 Å². The molecule has 0 amide bonds. The van der Waals surface area contributed by atoms with E-state index in [0.717, 1.165) is 4.57 Å². The van der Waals surface area contributed by atoms with E-state index in [9.17, 15) is 24.8 Å². The maximum absolute atomic E-state index is 13.4. The van der Waals surface area contributed by atoms with Crippen LogP contribution in [0.25, 0.3) is 22.2 Å². The van der Waals surface area contributed by atoms with E-state index in [0.29, 0.717) is 46.7 Å². The Hall–Kier alpha value is -4.18. The Morgan fingerprint density at radius 3 is 2.59 bits per heavy atom. The second-order valence-corrected chi connectivity index (χ2v) is 8.42. The lowest BCUT2D eigenvalue weighted by Gasteiger charge is -2.27. The fourth-order valence-electron chi connectivity index (χ4n) is 4.78. The highest BCUT2D eigenvalue weighted by Gasteiger charge is 2.33. The van der Waals surface area contributed by atoms with Crippen LogP contribution in [0.15, 0.2) is 52.1 Å². The van der Waals surface area contributed by atoms with Gasteiger partial charge in [0.15, 0.2) is 0 Å². The van der Waals surface area contributed by atoms with Crippen LogP contribution in [-0.2, 0) is 25.4 Å². The number of phenolic OH excluding ortho intramolecular Hbond substituents is 1. The van der Waals surface area contributed by atoms with E-state index in [1.165, 1.54) is 17.7 Å². The van der Waals surface area contributed by atoms with Crippen LogP contribution in [0.5, 0.6) is 5.75 Å². The summed E-state index contributed by atoms with van der Waals surface area (Å²) in [5.41, 5.74) is 2.11. The molecule has 1 aliphatic rings. The summed E-state index contributed by atoms with van der Waals surface area (Å²) in [5, 5.41) is 22.0. The monoisotopic (exact) mass is 462 g/mol.